The van der Waals surface area contributed by atoms with Gasteiger partial charge in [-0.3, -0.25) is 0 Å². The van der Waals surface area contributed by atoms with Crippen LogP contribution in [0, 0.1) is 12.7 Å². The van der Waals surface area contributed by atoms with Gasteiger partial charge < -0.3 is 10.4 Å². The van der Waals surface area contributed by atoms with Crippen molar-refractivity contribution in [1.29, 1.82) is 0 Å². The number of anilines is 2. The molecule has 0 saturated carbocycles. The van der Waals surface area contributed by atoms with Gasteiger partial charge in [0.25, 0.3) is 0 Å². The third-order valence-corrected chi connectivity index (χ3v) is 2.48. The molecule has 4 nitrogen and oxygen atoms in total. The van der Waals surface area contributed by atoms with Crippen molar-refractivity contribution in [2.75, 3.05) is 5.32 Å². The molecule has 0 radical (unpaired) electrons. The quantitative estimate of drug-likeness (QED) is 0.874. The van der Waals surface area contributed by atoms with Crippen molar-refractivity contribution in [3.8, 4) is 0 Å². The molecule has 0 saturated heterocycles. The molecule has 0 fully saturated rings. The van der Waals surface area contributed by atoms with E-state index >= 15 is 0 Å². The summed E-state index contributed by atoms with van der Waals surface area (Å²) < 4.78 is 13.6. The Balaban J connectivity index is 2.34. The number of nitrogens with zero attached hydrogens (tertiary/aromatic N) is 1. The van der Waals surface area contributed by atoms with Crippen molar-refractivity contribution < 1.29 is 14.3 Å². The summed E-state index contributed by atoms with van der Waals surface area (Å²) in [6, 6.07) is 7.43. The van der Waals surface area contributed by atoms with Gasteiger partial charge in [0.2, 0.25) is 0 Å². The van der Waals surface area contributed by atoms with Crippen molar-refractivity contribution in [1.82, 2.24) is 4.98 Å². The van der Waals surface area contributed by atoms with E-state index in [0.29, 0.717) is 11.5 Å². The zero-order valence-electron chi connectivity index (χ0n) is 9.64. The van der Waals surface area contributed by atoms with E-state index in [1.165, 1.54) is 24.4 Å². The highest BCUT2D eigenvalue weighted by Gasteiger charge is 2.08. The molecule has 0 aliphatic heterocycles. The number of halogens is 1. The molecule has 0 aliphatic rings. The third kappa shape index (κ3) is 2.45. The summed E-state index contributed by atoms with van der Waals surface area (Å²) in [5.41, 5.74) is 1.12. The third-order valence-electron chi connectivity index (χ3n) is 2.48. The van der Waals surface area contributed by atoms with Crippen molar-refractivity contribution >= 4 is 17.5 Å². The Morgan fingerprint density at radius 3 is 2.83 bits per heavy atom. The lowest BCUT2D eigenvalue weighted by Crippen LogP contribution is -2.02. The summed E-state index contributed by atoms with van der Waals surface area (Å²) >= 11 is 0. The van der Waals surface area contributed by atoms with Crippen LogP contribution in [0.15, 0.2) is 36.5 Å². The van der Waals surface area contributed by atoms with Crippen LogP contribution in [0.5, 0.6) is 0 Å². The fourth-order valence-electron chi connectivity index (χ4n) is 1.55. The van der Waals surface area contributed by atoms with Crippen molar-refractivity contribution in [2.24, 2.45) is 0 Å². The van der Waals surface area contributed by atoms with Crippen molar-refractivity contribution in [3.05, 3.63) is 53.5 Å². The first-order valence-corrected chi connectivity index (χ1v) is 5.29. The summed E-state index contributed by atoms with van der Waals surface area (Å²) in [7, 11) is 0. The van der Waals surface area contributed by atoms with Gasteiger partial charge >= 0.3 is 5.97 Å². The molecular formula is C13H11FN2O2. The summed E-state index contributed by atoms with van der Waals surface area (Å²) in [5.74, 6) is -1.16. The Morgan fingerprint density at radius 1 is 1.39 bits per heavy atom. The van der Waals surface area contributed by atoms with E-state index in [0.717, 1.165) is 5.56 Å². The molecule has 1 aromatic carbocycles. The first-order valence-electron chi connectivity index (χ1n) is 5.29. The number of aromatic carboxylic acids is 1. The van der Waals surface area contributed by atoms with Gasteiger partial charge in [-0.25, -0.2) is 14.2 Å². The van der Waals surface area contributed by atoms with Gasteiger partial charge in [0, 0.05) is 6.20 Å². The van der Waals surface area contributed by atoms with Crippen LogP contribution in [0.4, 0.5) is 15.9 Å². The standard InChI is InChI=1S/C13H11FN2O2/c1-8-3-2-4-10(14)12(8)16-11-7-9(13(17)18)5-6-15-11/h2-7H,1H3,(H,15,16)(H,17,18). The van der Waals surface area contributed by atoms with Gasteiger partial charge in [0.05, 0.1) is 11.3 Å². The van der Waals surface area contributed by atoms with E-state index in [1.54, 1.807) is 19.1 Å². The second-order valence-electron chi connectivity index (χ2n) is 3.79. The minimum absolute atomic E-state index is 0.0986. The average Bonchev–Trinajstić information content (AvgIpc) is 2.34. The maximum Gasteiger partial charge on any atom is 0.335 e. The minimum atomic E-state index is -1.05. The van der Waals surface area contributed by atoms with Crippen molar-refractivity contribution in [2.45, 2.75) is 6.92 Å². The fourth-order valence-corrected chi connectivity index (χ4v) is 1.55. The predicted octanol–water partition coefficient (Wildman–Crippen LogP) is 2.97. The second-order valence-corrected chi connectivity index (χ2v) is 3.79. The predicted molar refractivity (Wildman–Crippen MR) is 65.6 cm³/mol. The average molecular weight is 246 g/mol. The number of carbonyl (C=O) groups is 1. The van der Waals surface area contributed by atoms with E-state index in [4.69, 9.17) is 5.11 Å². The first kappa shape index (κ1) is 12.0. The molecule has 0 atom stereocenters. The molecule has 0 aliphatic carbocycles. The summed E-state index contributed by atoms with van der Waals surface area (Å²) in [6.07, 6.45) is 1.36. The summed E-state index contributed by atoms with van der Waals surface area (Å²) in [6.45, 7) is 1.76. The Kier molecular flexibility index (Phi) is 3.23. The molecule has 18 heavy (non-hydrogen) atoms. The summed E-state index contributed by atoms with van der Waals surface area (Å²) in [4.78, 5) is 14.8. The smallest absolute Gasteiger partial charge is 0.335 e. The maximum absolute atomic E-state index is 13.6. The van der Waals surface area contributed by atoms with E-state index in [9.17, 15) is 9.18 Å². The number of aryl methyl sites for hydroxylation is 1. The molecule has 0 unspecified atom stereocenters. The molecule has 92 valence electrons. The largest absolute Gasteiger partial charge is 0.478 e. The molecule has 1 heterocycles. The maximum atomic E-state index is 13.6. The molecule has 2 N–H and O–H groups in total. The van der Waals surface area contributed by atoms with Crippen LogP contribution in [0.1, 0.15) is 15.9 Å². The number of hydrogen-bond donors (Lipinski definition) is 2. The molecule has 0 bridgehead atoms. The number of aromatic nitrogens is 1. The normalized spacial score (nSPS) is 10.1. The van der Waals surface area contributed by atoms with Gasteiger partial charge in [-0.2, -0.15) is 0 Å². The van der Waals surface area contributed by atoms with E-state index in [-0.39, 0.29) is 5.56 Å². The lowest BCUT2D eigenvalue weighted by molar-refractivity contribution is 0.0697. The number of carboxylic acids is 1. The number of para-hydroxylation sites is 1. The first-order chi connectivity index (χ1) is 8.58. The molecule has 2 aromatic rings. The molecule has 5 heteroatoms. The van der Waals surface area contributed by atoms with E-state index < -0.39 is 11.8 Å². The highest BCUT2D eigenvalue weighted by molar-refractivity contribution is 5.88. The zero-order valence-corrected chi connectivity index (χ0v) is 9.64. The zero-order chi connectivity index (χ0) is 13.1. The second kappa shape index (κ2) is 4.83. The number of rotatable bonds is 3. The number of nitrogens with one attached hydrogen (secondary N) is 1. The summed E-state index contributed by atoms with van der Waals surface area (Å²) in [5, 5.41) is 11.6. The number of benzene rings is 1. The monoisotopic (exact) mass is 246 g/mol. The van der Waals surface area contributed by atoms with Gasteiger partial charge in [0.1, 0.15) is 11.6 Å². The van der Waals surface area contributed by atoms with E-state index in [1.807, 2.05) is 0 Å². The topological polar surface area (TPSA) is 62.2 Å². The molecular weight excluding hydrogens is 235 g/mol. The van der Waals surface area contributed by atoms with Crippen LogP contribution < -0.4 is 5.32 Å². The molecule has 2 rings (SSSR count). The van der Waals surface area contributed by atoms with Crippen LogP contribution in [-0.2, 0) is 0 Å². The molecule has 0 amide bonds. The number of hydrogen-bond acceptors (Lipinski definition) is 3. The SMILES string of the molecule is Cc1cccc(F)c1Nc1cc(C(=O)O)ccn1. The van der Waals surface area contributed by atoms with E-state index in [2.05, 4.69) is 10.3 Å². The Morgan fingerprint density at radius 2 is 2.17 bits per heavy atom. The lowest BCUT2D eigenvalue weighted by atomic mass is 10.2. The molecule has 1 aromatic heterocycles. The van der Waals surface area contributed by atoms with Gasteiger partial charge in [0.15, 0.2) is 0 Å². The Labute approximate surface area is 103 Å². The lowest BCUT2D eigenvalue weighted by Gasteiger charge is -2.09. The van der Waals surface area contributed by atoms with Crippen LogP contribution in [-0.4, -0.2) is 16.1 Å². The van der Waals surface area contributed by atoms with Crippen LogP contribution in [0.3, 0.4) is 0 Å². The van der Waals surface area contributed by atoms with Gasteiger partial charge in [-0.1, -0.05) is 12.1 Å². The van der Waals surface area contributed by atoms with Crippen molar-refractivity contribution in [3.63, 3.8) is 0 Å². The number of pyridine rings is 1. The Bertz CT molecular complexity index is 579. The van der Waals surface area contributed by atoms with Gasteiger partial charge in [-0.15, -0.1) is 0 Å². The molecule has 0 spiro atoms. The minimum Gasteiger partial charge on any atom is -0.478 e. The highest BCUT2D eigenvalue weighted by atomic mass is 19.1. The van der Waals surface area contributed by atoms with Crippen LogP contribution in [0.25, 0.3) is 0 Å². The van der Waals surface area contributed by atoms with Gasteiger partial charge in [-0.05, 0) is 30.7 Å². The van der Waals surface area contributed by atoms with Crippen LogP contribution in [0.2, 0.25) is 0 Å². The van der Waals surface area contributed by atoms with Crippen LogP contribution >= 0.6 is 0 Å². The number of carboxylic acid groups (broad SMARTS) is 1. The Hall–Kier alpha value is -2.43. The highest BCUT2D eigenvalue weighted by Crippen LogP contribution is 2.22. The fraction of sp³-hybridized carbons (Fsp3) is 0.0769.